The Kier molecular flexibility index (Phi) is 3.76. The summed E-state index contributed by atoms with van der Waals surface area (Å²) < 4.78 is 1.74. The molecule has 30 heavy (non-hydrogen) atoms. The highest BCUT2D eigenvalue weighted by atomic mass is 16.3. The second-order valence-electron chi connectivity index (χ2n) is 8.51. The molecule has 4 aromatic rings. The molecule has 9 heteroatoms. The van der Waals surface area contributed by atoms with Gasteiger partial charge in [-0.1, -0.05) is 0 Å². The first kappa shape index (κ1) is 17.6. The van der Waals surface area contributed by atoms with E-state index >= 15 is 0 Å². The van der Waals surface area contributed by atoms with Crippen molar-refractivity contribution < 1.29 is 5.11 Å². The Morgan fingerprint density at radius 3 is 2.90 bits per heavy atom. The van der Waals surface area contributed by atoms with Crippen molar-refractivity contribution in [2.75, 3.05) is 30.4 Å². The summed E-state index contributed by atoms with van der Waals surface area (Å²) >= 11 is 0. The van der Waals surface area contributed by atoms with Crippen LogP contribution in [0.2, 0.25) is 0 Å². The third-order valence-corrected chi connectivity index (χ3v) is 6.85. The van der Waals surface area contributed by atoms with E-state index in [9.17, 15) is 5.11 Å². The van der Waals surface area contributed by atoms with Crippen LogP contribution < -0.4 is 10.2 Å². The Hall–Kier alpha value is -3.20. The zero-order valence-corrected chi connectivity index (χ0v) is 16.8. The number of H-pyrrole nitrogens is 1. The van der Waals surface area contributed by atoms with Crippen molar-refractivity contribution in [2.24, 2.45) is 5.41 Å². The van der Waals surface area contributed by atoms with Crippen molar-refractivity contribution in [1.29, 1.82) is 0 Å². The first-order chi connectivity index (χ1) is 14.7. The quantitative estimate of drug-likeness (QED) is 0.479. The van der Waals surface area contributed by atoms with Crippen molar-refractivity contribution >= 4 is 28.4 Å². The fourth-order valence-corrected chi connectivity index (χ4v) is 5.11. The van der Waals surface area contributed by atoms with Crippen molar-refractivity contribution in [3.05, 3.63) is 30.7 Å². The number of hydrogen-bond acceptors (Lipinski definition) is 7. The Bertz CT molecular complexity index is 1240. The molecule has 7 rings (SSSR count). The lowest BCUT2D eigenvalue weighted by molar-refractivity contribution is 0.0492. The van der Waals surface area contributed by atoms with Gasteiger partial charge in [-0.05, 0) is 31.7 Å². The van der Waals surface area contributed by atoms with Gasteiger partial charge in [0, 0.05) is 49.1 Å². The van der Waals surface area contributed by atoms with Gasteiger partial charge >= 0.3 is 0 Å². The molecule has 3 aliphatic rings. The fraction of sp³-hybridized carbons (Fsp3) is 0.429. The van der Waals surface area contributed by atoms with Gasteiger partial charge in [0.25, 0.3) is 0 Å². The Labute approximate surface area is 173 Å². The molecular weight excluding hydrogens is 380 g/mol. The number of aliphatic hydroxyl groups excluding tert-OH is 1. The van der Waals surface area contributed by atoms with Gasteiger partial charge in [0.1, 0.15) is 11.5 Å². The molecule has 154 valence electrons. The van der Waals surface area contributed by atoms with E-state index in [4.69, 9.17) is 15.0 Å². The number of rotatable bonds is 4. The number of piperidine rings is 2. The molecule has 1 saturated carbocycles. The maximum absolute atomic E-state index is 9.99. The third kappa shape index (κ3) is 2.51. The van der Waals surface area contributed by atoms with E-state index in [1.807, 2.05) is 31.6 Å². The SMILES string of the molecule is CNc1nc(N2CC3(CO)CCC2CC3)nc2[nH]cc(-c3ccn4nccc4n3)c12. The van der Waals surface area contributed by atoms with Crippen LogP contribution in [-0.2, 0) is 0 Å². The molecule has 0 spiro atoms. The second kappa shape index (κ2) is 6.40. The van der Waals surface area contributed by atoms with Crippen LogP contribution in [0.3, 0.4) is 0 Å². The van der Waals surface area contributed by atoms with Crippen LogP contribution >= 0.6 is 0 Å². The zero-order chi connectivity index (χ0) is 20.3. The summed E-state index contributed by atoms with van der Waals surface area (Å²) in [6.45, 7) is 1.04. The monoisotopic (exact) mass is 404 g/mol. The topological polar surface area (TPSA) is 107 Å². The number of hydrogen-bond donors (Lipinski definition) is 3. The van der Waals surface area contributed by atoms with Gasteiger partial charge in [-0.2, -0.15) is 15.1 Å². The smallest absolute Gasteiger partial charge is 0.229 e. The molecule has 0 atom stereocenters. The normalized spacial score (nSPS) is 23.5. The van der Waals surface area contributed by atoms with E-state index in [0.717, 1.165) is 71.9 Å². The maximum atomic E-state index is 9.99. The molecule has 0 unspecified atom stereocenters. The number of aromatic amines is 1. The summed E-state index contributed by atoms with van der Waals surface area (Å²) in [5.41, 5.74) is 3.37. The summed E-state index contributed by atoms with van der Waals surface area (Å²) in [5.74, 6) is 1.50. The minimum Gasteiger partial charge on any atom is -0.396 e. The van der Waals surface area contributed by atoms with Gasteiger partial charge in [-0.3, -0.25) is 0 Å². The van der Waals surface area contributed by atoms with Gasteiger partial charge in [-0.25, -0.2) is 9.50 Å². The fourth-order valence-electron chi connectivity index (χ4n) is 5.11. The molecule has 2 saturated heterocycles. The predicted molar refractivity (Wildman–Crippen MR) is 115 cm³/mol. The number of nitrogens with zero attached hydrogens (tertiary/aromatic N) is 6. The summed E-state index contributed by atoms with van der Waals surface area (Å²) in [6, 6.07) is 4.28. The van der Waals surface area contributed by atoms with Crippen molar-refractivity contribution in [3.8, 4) is 11.3 Å². The molecule has 0 radical (unpaired) electrons. The van der Waals surface area contributed by atoms with Crippen molar-refractivity contribution in [2.45, 2.75) is 31.7 Å². The lowest BCUT2D eigenvalue weighted by Gasteiger charge is -2.52. The van der Waals surface area contributed by atoms with E-state index in [2.05, 4.69) is 20.3 Å². The Balaban J connectivity index is 1.45. The van der Waals surface area contributed by atoms with E-state index in [1.54, 1.807) is 10.7 Å². The van der Waals surface area contributed by atoms with Crippen LogP contribution in [0.1, 0.15) is 25.7 Å². The highest BCUT2D eigenvalue weighted by Crippen LogP contribution is 2.45. The predicted octanol–water partition coefficient (Wildman–Crippen LogP) is 2.45. The Morgan fingerprint density at radius 1 is 1.23 bits per heavy atom. The highest BCUT2D eigenvalue weighted by Gasteiger charge is 2.45. The molecule has 9 nitrogen and oxygen atoms in total. The van der Waals surface area contributed by atoms with Gasteiger partial charge in [0.15, 0.2) is 5.65 Å². The zero-order valence-electron chi connectivity index (χ0n) is 16.8. The number of anilines is 2. The van der Waals surface area contributed by atoms with Crippen LogP contribution in [0.5, 0.6) is 0 Å². The van der Waals surface area contributed by atoms with Gasteiger partial charge in [0.2, 0.25) is 5.95 Å². The standard InChI is InChI=1S/C21H24N8O/c1-22-18-17-14(15-5-9-29-16(25-15)4-8-24-29)10-23-19(17)27-20(26-18)28-11-21(12-30)6-2-13(28)3-7-21/h4-5,8-10,13,30H,2-3,6-7,11-12H2,1H3,(H2,22,23,26,27). The van der Waals surface area contributed by atoms with Crippen LogP contribution in [0.4, 0.5) is 11.8 Å². The maximum Gasteiger partial charge on any atom is 0.229 e. The lowest BCUT2D eigenvalue weighted by Crippen LogP contribution is -2.56. The first-order valence-corrected chi connectivity index (χ1v) is 10.4. The number of nitrogens with one attached hydrogen (secondary N) is 2. The summed E-state index contributed by atoms with van der Waals surface area (Å²) in [7, 11) is 1.88. The summed E-state index contributed by atoms with van der Waals surface area (Å²) in [6.07, 6.45) is 9.92. The van der Waals surface area contributed by atoms with E-state index < -0.39 is 0 Å². The largest absolute Gasteiger partial charge is 0.396 e. The third-order valence-electron chi connectivity index (χ3n) is 6.85. The molecule has 2 bridgehead atoms. The molecule has 0 amide bonds. The average Bonchev–Trinajstić information content (AvgIpc) is 3.45. The van der Waals surface area contributed by atoms with Gasteiger partial charge < -0.3 is 20.3 Å². The van der Waals surface area contributed by atoms with Crippen LogP contribution in [-0.4, -0.2) is 60.9 Å². The molecule has 0 aromatic carbocycles. The lowest BCUT2D eigenvalue weighted by atomic mass is 9.68. The minimum atomic E-state index is -0.0155. The van der Waals surface area contributed by atoms with E-state index in [-0.39, 0.29) is 12.0 Å². The molecule has 1 aliphatic carbocycles. The molecule has 6 heterocycles. The van der Waals surface area contributed by atoms with Crippen molar-refractivity contribution in [1.82, 2.24) is 29.5 Å². The molecule has 3 fully saturated rings. The molecule has 2 aliphatic heterocycles. The van der Waals surface area contributed by atoms with Crippen LogP contribution in [0.25, 0.3) is 27.9 Å². The number of aliphatic hydroxyl groups is 1. The average molecular weight is 404 g/mol. The van der Waals surface area contributed by atoms with Gasteiger partial charge in [0.05, 0.1) is 23.9 Å². The van der Waals surface area contributed by atoms with E-state index in [1.165, 1.54) is 0 Å². The van der Waals surface area contributed by atoms with Crippen LogP contribution in [0.15, 0.2) is 30.7 Å². The summed E-state index contributed by atoms with van der Waals surface area (Å²) in [4.78, 5) is 20.1. The van der Waals surface area contributed by atoms with E-state index in [0.29, 0.717) is 6.04 Å². The molecular formula is C21H24N8O. The number of aromatic nitrogens is 6. The highest BCUT2D eigenvalue weighted by molar-refractivity contribution is 6.01. The number of fused-ring (bicyclic) bond motifs is 5. The molecule has 3 N–H and O–H groups in total. The van der Waals surface area contributed by atoms with Crippen molar-refractivity contribution in [3.63, 3.8) is 0 Å². The van der Waals surface area contributed by atoms with Crippen LogP contribution in [0, 0.1) is 5.41 Å². The molecule has 4 aromatic heterocycles. The Morgan fingerprint density at radius 2 is 2.10 bits per heavy atom. The minimum absolute atomic E-state index is 0.0155. The second-order valence-corrected chi connectivity index (χ2v) is 8.51. The van der Waals surface area contributed by atoms with Gasteiger partial charge in [-0.15, -0.1) is 0 Å². The first-order valence-electron chi connectivity index (χ1n) is 10.4. The summed E-state index contributed by atoms with van der Waals surface area (Å²) in [5, 5.41) is 18.4.